The summed E-state index contributed by atoms with van der Waals surface area (Å²) in [7, 11) is 1.69. The number of esters is 1. The van der Waals surface area contributed by atoms with Gasteiger partial charge in [-0.1, -0.05) is 60.7 Å². The Morgan fingerprint density at radius 1 is 0.966 bits per heavy atom. The molecule has 0 aliphatic carbocycles. The molecule has 3 aromatic carbocycles. The molecule has 0 aliphatic heterocycles. The maximum absolute atomic E-state index is 12.3. The van der Waals surface area contributed by atoms with Crippen LogP contribution in [0.1, 0.15) is 11.1 Å². The molecule has 4 rings (SSSR count). The molecule has 1 aromatic heterocycles. The average molecular weight is 387 g/mol. The highest BCUT2D eigenvalue weighted by atomic mass is 16.5. The van der Waals surface area contributed by atoms with Crippen molar-refractivity contribution >= 4 is 33.6 Å². The van der Waals surface area contributed by atoms with Gasteiger partial charge >= 0.3 is 5.97 Å². The number of benzene rings is 3. The lowest BCUT2D eigenvalue weighted by atomic mass is 10.0. The molecule has 1 heterocycles. The monoisotopic (exact) mass is 387 g/mol. The van der Waals surface area contributed by atoms with Crippen LogP contribution in [-0.2, 0) is 27.3 Å². The summed E-state index contributed by atoms with van der Waals surface area (Å²) in [6.07, 6.45) is 1.64. The summed E-state index contributed by atoms with van der Waals surface area (Å²) in [4.78, 5) is 26.2. The van der Waals surface area contributed by atoms with Gasteiger partial charge in [-0.3, -0.25) is 9.59 Å². The van der Waals surface area contributed by atoms with Gasteiger partial charge in [0.05, 0.1) is 12.7 Å². The van der Waals surface area contributed by atoms with Crippen molar-refractivity contribution in [1.82, 2.24) is 4.90 Å². The van der Waals surface area contributed by atoms with E-state index in [9.17, 15) is 9.59 Å². The summed E-state index contributed by atoms with van der Waals surface area (Å²) >= 11 is 0. The van der Waals surface area contributed by atoms with E-state index < -0.39 is 5.97 Å². The molecule has 0 atom stereocenters. The minimum absolute atomic E-state index is 0.0523. The zero-order valence-electron chi connectivity index (χ0n) is 16.1. The fourth-order valence-electron chi connectivity index (χ4n) is 3.41. The number of amides is 1. The van der Waals surface area contributed by atoms with Crippen LogP contribution in [-0.4, -0.2) is 30.4 Å². The smallest absolute Gasteiger partial charge is 0.310 e. The minimum atomic E-state index is -0.456. The third-order valence-electron chi connectivity index (χ3n) is 4.92. The highest BCUT2D eigenvalue weighted by Crippen LogP contribution is 2.30. The first kappa shape index (κ1) is 18.7. The topological polar surface area (TPSA) is 59.8 Å². The molecule has 0 bridgehead atoms. The lowest BCUT2D eigenvalue weighted by Gasteiger charge is -2.17. The summed E-state index contributed by atoms with van der Waals surface area (Å²) in [5.74, 6) is -0.702. The molecule has 0 saturated carbocycles. The predicted octanol–water partition coefficient (Wildman–Crippen LogP) is 4.33. The molecule has 5 heteroatoms. The van der Waals surface area contributed by atoms with Crippen molar-refractivity contribution in [3.63, 3.8) is 0 Å². The quantitative estimate of drug-likeness (QED) is 0.462. The first-order chi connectivity index (χ1) is 14.1. The Labute approximate surface area is 168 Å². The van der Waals surface area contributed by atoms with E-state index in [1.807, 2.05) is 66.7 Å². The number of fused-ring (bicyclic) bond motifs is 3. The number of nitrogens with zero attached hydrogens (tertiary/aromatic N) is 1. The van der Waals surface area contributed by atoms with Crippen LogP contribution in [0.15, 0.2) is 77.4 Å². The lowest BCUT2D eigenvalue weighted by Crippen LogP contribution is -2.31. The van der Waals surface area contributed by atoms with E-state index in [1.54, 1.807) is 18.2 Å². The SMILES string of the molecule is CN(Cc1ccccc1)C(=O)COC(=O)Cc1coc2ccc3ccccc3c12. The van der Waals surface area contributed by atoms with Crippen LogP contribution in [0.5, 0.6) is 0 Å². The first-order valence-electron chi connectivity index (χ1n) is 9.43. The predicted molar refractivity (Wildman–Crippen MR) is 111 cm³/mol. The number of likely N-dealkylation sites (N-methyl/N-ethyl adjacent to an activating group) is 1. The Bertz CT molecular complexity index is 1160. The highest BCUT2D eigenvalue weighted by Gasteiger charge is 2.16. The van der Waals surface area contributed by atoms with Gasteiger partial charge in [-0.2, -0.15) is 0 Å². The zero-order chi connectivity index (χ0) is 20.2. The number of carbonyl (C=O) groups is 2. The molecule has 146 valence electrons. The van der Waals surface area contributed by atoms with Gasteiger partial charge in [-0.15, -0.1) is 0 Å². The van der Waals surface area contributed by atoms with E-state index in [4.69, 9.17) is 9.15 Å². The van der Waals surface area contributed by atoms with Gasteiger partial charge in [0.15, 0.2) is 6.61 Å². The van der Waals surface area contributed by atoms with Crippen LogP contribution in [0.4, 0.5) is 0 Å². The summed E-state index contributed by atoms with van der Waals surface area (Å²) < 4.78 is 10.8. The molecule has 0 saturated heterocycles. The maximum atomic E-state index is 12.3. The van der Waals surface area contributed by atoms with Crippen LogP contribution in [0.25, 0.3) is 21.7 Å². The van der Waals surface area contributed by atoms with E-state index in [2.05, 4.69) is 0 Å². The maximum Gasteiger partial charge on any atom is 0.310 e. The Hall–Kier alpha value is -3.60. The fraction of sp³-hybridized carbons (Fsp3) is 0.167. The first-order valence-corrected chi connectivity index (χ1v) is 9.43. The van der Waals surface area contributed by atoms with Gasteiger partial charge < -0.3 is 14.1 Å². The van der Waals surface area contributed by atoms with Crippen molar-refractivity contribution in [2.24, 2.45) is 0 Å². The number of hydrogen-bond acceptors (Lipinski definition) is 4. The van der Waals surface area contributed by atoms with E-state index in [-0.39, 0.29) is 18.9 Å². The molecule has 0 spiro atoms. The Balaban J connectivity index is 1.40. The van der Waals surface area contributed by atoms with Crippen molar-refractivity contribution in [3.05, 3.63) is 84.1 Å². The molecule has 0 unspecified atom stereocenters. The Morgan fingerprint density at radius 2 is 1.72 bits per heavy atom. The van der Waals surface area contributed by atoms with Crippen LogP contribution < -0.4 is 0 Å². The molecule has 0 fully saturated rings. The minimum Gasteiger partial charge on any atom is -0.464 e. The van der Waals surface area contributed by atoms with Crippen molar-refractivity contribution < 1.29 is 18.7 Å². The number of furan rings is 1. The summed E-state index contributed by atoms with van der Waals surface area (Å²) in [5, 5.41) is 3.02. The average Bonchev–Trinajstić information content (AvgIpc) is 3.16. The molecule has 5 nitrogen and oxygen atoms in total. The lowest BCUT2D eigenvalue weighted by molar-refractivity contribution is -0.151. The molecule has 1 amide bonds. The summed E-state index contributed by atoms with van der Waals surface area (Å²) in [6, 6.07) is 21.5. The summed E-state index contributed by atoms with van der Waals surface area (Å²) in [5.41, 5.74) is 2.50. The molecular weight excluding hydrogens is 366 g/mol. The second kappa shape index (κ2) is 8.19. The van der Waals surface area contributed by atoms with E-state index in [0.29, 0.717) is 6.54 Å². The van der Waals surface area contributed by atoms with E-state index in [0.717, 1.165) is 32.9 Å². The zero-order valence-corrected chi connectivity index (χ0v) is 16.1. The van der Waals surface area contributed by atoms with Crippen LogP contribution >= 0.6 is 0 Å². The summed E-state index contributed by atoms with van der Waals surface area (Å²) in [6.45, 7) is 0.189. The number of carbonyl (C=O) groups excluding carboxylic acids is 2. The normalized spacial score (nSPS) is 10.9. The molecule has 0 radical (unpaired) electrons. The second-order valence-electron chi connectivity index (χ2n) is 6.99. The third kappa shape index (κ3) is 4.14. The molecule has 4 aromatic rings. The Morgan fingerprint density at radius 3 is 2.55 bits per heavy atom. The number of hydrogen-bond donors (Lipinski definition) is 0. The van der Waals surface area contributed by atoms with Gasteiger partial charge in [0.1, 0.15) is 5.58 Å². The molecule has 0 aliphatic rings. The van der Waals surface area contributed by atoms with E-state index in [1.165, 1.54) is 0 Å². The van der Waals surface area contributed by atoms with Gasteiger partial charge in [-0.05, 0) is 22.4 Å². The largest absolute Gasteiger partial charge is 0.464 e. The molecular formula is C24H21NO4. The van der Waals surface area contributed by atoms with E-state index >= 15 is 0 Å². The molecule has 29 heavy (non-hydrogen) atoms. The van der Waals surface area contributed by atoms with Gasteiger partial charge in [0, 0.05) is 24.5 Å². The number of ether oxygens (including phenoxy) is 1. The van der Waals surface area contributed by atoms with Crippen LogP contribution in [0.3, 0.4) is 0 Å². The van der Waals surface area contributed by atoms with Gasteiger partial charge in [0.2, 0.25) is 0 Å². The van der Waals surface area contributed by atoms with Crippen molar-refractivity contribution in [1.29, 1.82) is 0 Å². The third-order valence-corrected chi connectivity index (χ3v) is 4.92. The highest BCUT2D eigenvalue weighted by molar-refractivity contribution is 6.08. The fourth-order valence-corrected chi connectivity index (χ4v) is 3.41. The second-order valence-corrected chi connectivity index (χ2v) is 6.99. The number of rotatable bonds is 6. The standard InChI is InChI=1S/C24H21NO4/c1-25(14-17-7-3-2-4-8-17)22(26)16-29-23(27)13-19-15-28-21-12-11-18-9-5-6-10-20(18)24(19)21/h2-12,15H,13-14,16H2,1H3. The van der Waals surface area contributed by atoms with Crippen LogP contribution in [0.2, 0.25) is 0 Å². The van der Waals surface area contributed by atoms with Gasteiger partial charge in [0.25, 0.3) is 5.91 Å². The van der Waals surface area contributed by atoms with Gasteiger partial charge in [-0.25, -0.2) is 0 Å². The van der Waals surface area contributed by atoms with Crippen LogP contribution in [0, 0.1) is 0 Å². The van der Waals surface area contributed by atoms with Crippen molar-refractivity contribution in [2.45, 2.75) is 13.0 Å². The molecule has 0 N–H and O–H groups in total. The van der Waals surface area contributed by atoms with Crippen molar-refractivity contribution in [2.75, 3.05) is 13.7 Å². The van der Waals surface area contributed by atoms with Crippen molar-refractivity contribution in [3.8, 4) is 0 Å². The Kier molecular flexibility index (Phi) is 5.29.